The zero-order chi connectivity index (χ0) is 12.0. The molecule has 2 atom stereocenters. The van der Waals surface area contributed by atoms with Gasteiger partial charge in [-0.3, -0.25) is 4.79 Å². The van der Waals surface area contributed by atoms with E-state index >= 15 is 0 Å². The quantitative estimate of drug-likeness (QED) is 0.716. The van der Waals surface area contributed by atoms with Gasteiger partial charge in [0.25, 0.3) is 0 Å². The number of amides is 1. The molecule has 1 rings (SSSR count). The summed E-state index contributed by atoms with van der Waals surface area (Å²) in [6, 6.07) is 0.654. The van der Waals surface area contributed by atoms with Crippen molar-refractivity contribution in [3.8, 4) is 0 Å². The molecule has 2 N–H and O–H groups in total. The summed E-state index contributed by atoms with van der Waals surface area (Å²) in [5.74, 6) is 0.868. The molecule has 1 heterocycles. The van der Waals surface area contributed by atoms with Crippen LogP contribution in [0, 0.1) is 5.92 Å². The van der Waals surface area contributed by atoms with Crippen molar-refractivity contribution in [1.82, 2.24) is 15.5 Å². The van der Waals surface area contributed by atoms with Gasteiger partial charge in [0.15, 0.2) is 0 Å². The Balaban J connectivity index is 2.33. The fourth-order valence-electron chi connectivity index (χ4n) is 2.49. The second-order valence-electron chi connectivity index (χ2n) is 4.58. The van der Waals surface area contributed by atoms with Gasteiger partial charge in [-0.05, 0) is 25.9 Å². The lowest BCUT2D eigenvalue weighted by Crippen LogP contribution is -2.48. The molecule has 1 fully saturated rings. The topological polar surface area (TPSA) is 44.4 Å². The summed E-state index contributed by atoms with van der Waals surface area (Å²) in [5.41, 5.74) is 0. The monoisotopic (exact) mass is 227 g/mol. The van der Waals surface area contributed by atoms with Crippen LogP contribution < -0.4 is 10.6 Å². The first kappa shape index (κ1) is 13.5. The number of hydrogen-bond acceptors (Lipinski definition) is 3. The first-order chi connectivity index (χ1) is 7.71. The molecule has 94 valence electrons. The Morgan fingerprint density at radius 3 is 2.75 bits per heavy atom. The lowest BCUT2D eigenvalue weighted by molar-refractivity contribution is -0.121. The molecule has 0 aliphatic carbocycles. The standard InChI is InChI=1S/C12H25N3O/c1-4-10-9-15(7-5-11(10)13-2)8-6-12(16)14-3/h10-11,13H,4-9H2,1-3H3,(H,14,16). The fourth-order valence-corrected chi connectivity index (χ4v) is 2.49. The van der Waals surface area contributed by atoms with Gasteiger partial charge in [-0.15, -0.1) is 0 Å². The van der Waals surface area contributed by atoms with Crippen LogP contribution in [0.2, 0.25) is 0 Å². The van der Waals surface area contributed by atoms with Gasteiger partial charge in [-0.2, -0.15) is 0 Å². The third-order valence-electron chi connectivity index (χ3n) is 3.65. The number of likely N-dealkylation sites (tertiary alicyclic amines) is 1. The van der Waals surface area contributed by atoms with Crippen LogP contribution in [0.5, 0.6) is 0 Å². The highest BCUT2D eigenvalue weighted by atomic mass is 16.1. The highest BCUT2D eigenvalue weighted by molar-refractivity contribution is 5.75. The largest absolute Gasteiger partial charge is 0.359 e. The molecule has 16 heavy (non-hydrogen) atoms. The Kier molecular flexibility index (Phi) is 5.77. The predicted octanol–water partition coefficient (Wildman–Crippen LogP) is 0.442. The van der Waals surface area contributed by atoms with Crippen LogP contribution in [0.4, 0.5) is 0 Å². The van der Waals surface area contributed by atoms with Gasteiger partial charge in [0.2, 0.25) is 5.91 Å². The van der Waals surface area contributed by atoms with Gasteiger partial charge in [-0.25, -0.2) is 0 Å². The maximum Gasteiger partial charge on any atom is 0.221 e. The number of rotatable bonds is 5. The minimum absolute atomic E-state index is 0.142. The maximum absolute atomic E-state index is 11.2. The summed E-state index contributed by atoms with van der Waals surface area (Å²) in [4.78, 5) is 13.6. The Morgan fingerprint density at radius 2 is 2.19 bits per heavy atom. The van der Waals surface area contributed by atoms with Gasteiger partial charge < -0.3 is 15.5 Å². The van der Waals surface area contributed by atoms with Gasteiger partial charge in [-0.1, -0.05) is 13.3 Å². The molecule has 4 heteroatoms. The molecule has 1 saturated heterocycles. The lowest BCUT2D eigenvalue weighted by Gasteiger charge is -2.38. The molecule has 2 unspecified atom stereocenters. The van der Waals surface area contributed by atoms with Crippen molar-refractivity contribution in [1.29, 1.82) is 0 Å². The van der Waals surface area contributed by atoms with Crippen molar-refractivity contribution >= 4 is 5.91 Å². The number of nitrogens with zero attached hydrogens (tertiary/aromatic N) is 1. The molecule has 0 saturated carbocycles. The summed E-state index contributed by atoms with van der Waals surface area (Å²) in [5, 5.41) is 6.07. The second kappa shape index (κ2) is 6.86. The van der Waals surface area contributed by atoms with Crippen LogP contribution in [0.25, 0.3) is 0 Å². The molecule has 0 aromatic rings. The number of piperidine rings is 1. The molecule has 1 amide bonds. The van der Waals surface area contributed by atoms with E-state index in [1.807, 2.05) is 7.05 Å². The van der Waals surface area contributed by atoms with E-state index in [1.54, 1.807) is 7.05 Å². The molecule has 4 nitrogen and oxygen atoms in total. The molecule has 1 aliphatic heterocycles. The third kappa shape index (κ3) is 3.76. The highest BCUT2D eigenvalue weighted by Crippen LogP contribution is 2.19. The average Bonchev–Trinajstić information content (AvgIpc) is 2.35. The normalized spacial score (nSPS) is 26.7. The number of nitrogens with one attached hydrogen (secondary N) is 2. The van der Waals surface area contributed by atoms with Gasteiger partial charge >= 0.3 is 0 Å². The summed E-state index contributed by atoms with van der Waals surface area (Å²) < 4.78 is 0. The van der Waals surface area contributed by atoms with Crippen LogP contribution in [-0.4, -0.2) is 50.6 Å². The summed E-state index contributed by atoms with van der Waals surface area (Å²) >= 11 is 0. The van der Waals surface area contributed by atoms with E-state index in [1.165, 1.54) is 12.8 Å². The van der Waals surface area contributed by atoms with Gasteiger partial charge in [0.1, 0.15) is 0 Å². The van der Waals surface area contributed by atoms with E-state index in [0.29, 0.717) is 12.5 Å². The zero-order valence-electron chi connectivity index (χ0n) is 10.8. The summed E-state index contributed by atoms with van der Waals surface area (Å²) in [7, 11) is 3.75. The van der Waals surface area contributed by atoms with Crippen molar-refractivity contribution in [2.75, 3.05) is 33.7 Å². The van der Waals surface area contributed by atoms with Crippen LogP contribution in [0.1, 0.15) is 26.2 Å². The first-order valence-electron chi connectivity index (χ1n) is 6.31. The van der Waals surface area contributed by atoms with E-state index < -0.39 is 0 Å². The molecule has 0 aromatic carbocycles. The van der Waals surface area contributed by atoms with E-state index in [9.17, 15) is 4.79 Å². The molecule has 0 spiro atoms. The SMILES string of the molecule is CCC1CN(CCC(=O)NC)CCC1NC. The van der Waals surface area contributed by atoms with E-state index in [-0.39, 0.29) is 5.91 Å². The molecule has 0 aromatic heterocycles. The van der Waals surface area contributed by atoms with Crippen LogP contribution >= 0.6 is 0 Å². The summed E-state index contributed by atoms with van der Waals surface area (Å²) in [6.45, 7) is 5.38. The first-order valence-corrected chi connectivity index (χ1v) is 6.31. The fraction of sp³-hybridized carbons (Fsp3) is 0.917. The highest BCUT2D eigenvalue weighted by Gasteiger charge is 2.26. The molecule has 0 radical (unpaired) electrons. The molecule has 0 bridgehead atoms. The number of carbonyl (C=O) groups is 1. The van der Waals surface area contributed by atoms with Crippen molar-refractivity contribution in [3.05, 3.63) is 0 Å². The van der Waals surface area contributed by atoms with Gasteiger partial charge in [0, 0.05) is 32.6 Å². The van der Waals surface area contributed by atoms with Crippen LogP contribution in [0.15, 0.2) is 0 Å². The molecular formula is C12H25N3O. The Hall–Kier alpha value is -0.610. The smallest absolute Gasteiger partial charge is 0.221 e. The number of carbonyl (C=O) groups excluding carboxylic acids is 1. The third-order valence-corrected chi connectivity index (χ3v) is 3.65. The minimum Gasteiger partial charge on any atom is -0.359 e. The minimum atomic E-state index is 0.142. The van der Waals surface area contributed by atoms with Crippen molar-refractivity contribution < 1.29 is 4.79 Å². The van der Waals surface area contributed by atoms with Crippen LogP contribution in [-0.2, 0) is 4.79 Å². The average molecular weight is 227 g/mol. The molecule has 1 aliphatic rings. The van der Waals surface area contributed by atoms with E-state index in [0.717, 1.165) is 25.6 Å². The van der Waals surface area contributed by atoms with Gasteiger partial charge in [0.05, 0.1) is 0 Å². The van der Waals surface area contributed by atoms with Crippen molar-refractivity contribution in [2.45, 2.75) is 32.2 Å². The predicted molar refractivity (Wildman–Crippen MR) is 66.4 cm³/mol. The number of hydrogen-bond donors (Lipinski definition) is 2. The summed E-state index contributed by atoms with van der Waals surface area (Å²) in [6.07, 6.45) is 3.03. The molecular weight excluding hydrogens is 202 g/mol. The Labute approximate surface area is 98.8 Å². The zero-order valence-corrected chi connectivity index (χ0v) is 10.8. The Morgan fingerprint density at radius 1 is 1.44 bits per heavy atom. The lowest BCUT2D eigenvalue weighted by atomic mass is 9.90. The van der Waals surface area contributed by atoms with Crippen molar-refractivity contribution in [3.63, 3.8) is 0 Å². The Bertz CT molecular complexity index is 220. The van der Waals surface area contributed by atoms with E-state index in [2.05, 4.69) is 22.5 Å². The second-order valence-corrected chi connectivity index (χ2v) is 4.58. The van der Waals surface area contributed by atoms with Crippen molar-refractivity contribution in [2.24, 2.45) is 5.92 Å². The van der Waals surface area contributed by atoms with Crippen LogP contribution in [0.3, 0.4) is 0 Å². The van der Waals surface area contributed by atoms with E-state index in [4.69, 9.17) is 0 Å². The maximum atomic E-state index is 11.2.